The average molecular weight is 180 g/mol. The van der Waals surface area contributed by atoms with E-state index < -0.39 is 5.41 Å². The second-order valence-electron chi connectivity index (χ2n) is 3.82. The minimum atomic E-state index is -0.577. The summed E-state index contributed by atoms with van der Waals surface area (Å²) in [6, 6.07) is 1.92. The van der Waals surface area contributed by atoms with Crippen LogP contribution in [-0.4, -0.2) is 23.3 Å². The van der Waals surface area contributed by atoms with Crippen molar-refractivity contribution in [3.05, 3.63) is 0 Å². The molecule has 0 N–H and O–H groups in total. The third-order valence-electron chi connectivity index (χ3n) is 2.17. The second-order valence-corrected chi connectivity index (χ2v) is 3.82. The van der Waals surface area contributed by atoms with E-state index in [0.29, 0.717) is 0 Å². The van der Waals surface area contributed by atoms with Crippen LogP contribution >= 0.6 is 0 Å². The topological polar surface area (TPSA) is 61.2 Å². The SMILES string of the molecule is CC1(C)CC(=O)N(CCC#N)C1=O. The van der Waals surface area contributed by atoms with Gasteiger partial charge < -0.3 is 0 Å². The Hall–Kier alpha value is -1.37. The molecular formula is C9H12N2O2. The van der Waals surface area contributed by atoms with Gasteiger partial charge in [0.2, 0.25) is 11.8 Å². The van der Waals surface area contributed by atoms with Crippen LogP contribution < -0.4 is 0 Å². The largest absolute Gasteiger partial charge is 0.281 e. The van der Waals surface area contributed by atoms with Crippen LogP contribution in [-0.2, 0) is 9.59 Å². The first-order valence-electron chi connectivity index (χ1n) is 4.21. The highest BCUT2D eigenvalue weighted by atomic mass is 16.2. The molecule has 0 aliphatic carbocycles. The van der Waals surface area contributed by atoms with Crippen LogP contribution in [0.3, 0.4) is 0 Å². The molecule has 13 heavy (non-hydrogen) atoms. The summed E-state index contributed by atoms with van der Waals surface area (Å²) in [4.78, 5) is 24.0. The van der Waals surface area contributed by atoms with Gasteiger partial charge in [0.1, 0.15) is 0 Å². The number of amides is 2. The van der Waals surface area contributed by atoms with E-state index in [1.807, 2.05) is 6.07 Å². The van der Waals surface area contributed by atoms with Gasteiger partial charge in [-0.3, -0.25) is 14.5 Å². The summed E-state index contributed by atoms with van der Waals surface area (Å²) in [7, 11) is 0. The molecule has 70 valence electrons. The molecule has 0 bridgehead atoms. The number of carbonyl (C=O) groups excluding carboxylic acids is 2. The van der Waals surface area contributed by atoms with E-state index >= 15 is 0 Å². The molecule has 1 saturated heterocycles. The molecular weight excluding hydrogens is 168 g/mol. The monoisotopic (exact) mass is 180 g/mol. The van der Waals surface area contributed by atoms with Crippen molar-refractivity contribution in [2.75, 3.05) is 6.54 Å². The average Bonchev–Trinajstić information content (AvgIpc) is 2.21. The molecule has 0 radical (unpaired) electrons. The Labute approximate surface area is 77.1 Å². The van der Waals surface area contributed by atoms with E-state index in [0.717, 1.165) is 0 Å². The van der Waals surface area contributed by atoms with E-state index in [4.69, 9.17) is 5.26 Å². The summed E-state index contributed by atoms with van der Waals surface area (Å²) >= 11 is 0. The first-order valence-corrected chi connectivity index (χ1v) is 4.21. The number of hydrogen-bond acceptors (Lipinski definition) is 3. The standard InChI is InChI=1S/C9H12N2O2/c1-9(2)6-7(12)11(8(9)13)5-3-4-10/h3,5-6H2,1-2H3. The number of nitrogens with zero attached hydrogens (tertiary/aromatic N) is 2. The third kappa shape index (κ3) is 1.69. The molecule has 4 nitrogen and oxygen atoms in total. The molecule has 0 saturated carbocycles. The molecule has 1 rings (SSSR count). The zero-order chi connectivity index (χ0) is 10.1. The fraction of sp³-hybridized carbons (Fsp3) is 0.667. The van der Waals surface area contributed by atoms with Crippen LogP contribution in [0.25, 0.3) is 0 Å². The molecule has 0 unspecified atom stereocenters. The van der Waals surface area contributed by atoms with Crippen LogP contribution in [0.4, 0.5) is 0 Å². The lowest BCUT2D eigenvalue weighted by molar-refractivity contribution is -0.140. The first kappa shape index (κ1) is 9.72. The maximum Gasteiger partial charge on any atom is 0.235 e. The maximum absolute atomic E-state index is 11.5. The van der Waals surface area contributed by atoms with Crippen molar-refractivity contribution in [1.82, 2.24) is 4.90 Å². The van der Waals surface area contributed by atoms with Gasteiger partial charge in [-0.05, 0) is 0 Å². The van der Waals surface area contributed by atoms with Crippen LogP contribution in [0.2, 0.25) is 0 Å². The van der Waals surface area contributed by atoms with Crippen molar-refractivity contribution >= 4 is 11.8 Å². The van der Waals surface area contributed by atoms with Gasteiger partial charge in [0.05, 0.1) is 17.9 Å². The zero-order valence-corrected chi connectivity index (χ0v) is 7.83. The normalized spacial score (nSPS) is 20.5. The summed E-state index contributed by atoms with van der Waals surface area (Å²) in [5.41, 5.74) is -0.577. The molecule has 0 atom stereocenters. The van der Waals surface area contributed by atoms with Gasteiger partial charge in [-0.25, -0.2) is 0 Å². The number of rotatable bonds is 2. The van der Waals surface area contributed by atoms with E-state index in [-0.39, 0.29) is 31.2 Å². The molecule has 1 aliphatic rings. The lowest BCUT2D eigenvalue weighted by Crippen LogP contribution is -2.33. The molecule has 0 aromatic heterocycles. The number of carbonyl (C=O) groups is 2. The van der Waals surface area contributed by atoms with Gasteiger partial charge in [0, 0.05) is 13.0 Å². The minimum absolute atomic E-state index is 0.159. The molecule has 0 aromatic carbocycles. The molecule has 4 heteroatoms. The molecule has 1 heterocycles. The van der Waals surface area contributed by atoms with E-state index in [1.54, 1.807) is 13.8 Å². The number of likely N-dealkylation sites (tertiary alicyclic amines) is 1. The van der Waals surface area contributed by atoms with Crippen LogP contribution in [0.1, 0.15) is 26.7 Å². The maximum atomic E-state index is 11.5. The smallest absolute Gasteiger partial charge is 0.235 e. The Bertz CT molecular complexity index is 288. The molecule has 0 aromatic rings. The van der Waals surface area contributed by atoms with Crippen molar-refractivity contribution in [2.24, 2.45) is 5.41 Å². The minimum Gasteiger partial charge on any atom is -0.281 e. The number of hydrogen-bond donors (Lipinski definition) is 0. The van der Waals surface area contributed by atoms with Gasteiger partial charge in [0.15, 0.2) is 0 Å². The summed E-state index contributed by atoms with van der Waals surface area (Å²) in [6.07, 6.45) is 0.477. The summed E-state index contributed by atoms with van der Waals surface area (Å²) in [5.74, 6) is -0.321. The Morgan fingerprint density at radius 1 is 1.54 bits per heavy atom. The Morgan fingerprint density at radius 2 is 2.15 bits per heavy atom. The van der Waals surface area contributed by atoms with Crippen LogP contribution in [0.5, 0.6) is 0 Å². The lowest BCUT2D eigenvalue weighted by atomic mass is 9.92. The number of imide groups is 1. The third-order valence-corrected chi connectivity index (χ3v) is 2.17. The van der Waals surface area contributed by atoms with Crippen LogP contribution in [0, 0.1) is 16.7 Å². The van der Waals surface area contributed by atoms with Gasteiger partial charge in [-0.2, -0.15) is 5.26 Å². The van der Waals surface area contributed by atoms with Gasteiger partial charge >= 0.3 is 0 Å². The molecule has 0 spiro atoms. The highest BCUT2D eigenvalue weighted by molar-refractivity contribution is 6.05. The van der Waals surface area contributed by atoms with E-state index in [2.05, 4.69) is 0 Å². The summed E-state index contributed by atoms with van der Waals surface area (Å²) < 4.78 is 0. The van der Waals surface area contributed by atoms with Crippen molar-refractivity contribution in [2.45, 2.75) is 26.7 Å². The first-order chi connectivity index (χ1) is 5.99. The van der Waals surface area contributed by atoms with Gasteiger partial charge in [-0.1, -0.05) is 13.8 Å². The number of nitriles is 1. The van der Waals surface area contributed by atoms with Crippen LogP contribution in [0.15, 0.2) is 0 Å². The lowest BCUT2D eigenvalue weighted by Gasteiger charge is -2.15. The fourth-order valence-corrected chi connectivity index (χ4v) is 1.42. The summed E-state index contributed by atoms with van der Waals surface area (Å²) in [5, 5.41) is 8.33. The molecule has 1 fully saturated rings. The highest BCUT2D eigenvalue weighted by Gasteiger charge is 2.44. The quantitative estimate of drug-likeness (QED) is 0.587. The predicted octanol–water partition coefficient (Wildman–Crippen LogP) is 0.685. The molecule has 2 amide bonds. The van der Waals surface area contributed by atoms with Crippen molar-refractivity contribution in [1.29, 1.82) is 5.26 Å². The Kier molecular flexibility index (Phi) is 2.37. The molecule has 1 aliphatic heterocycles. The predicted molar refractivity (Wildman–Crippen MR) is 45.3 cm³/mol. The summed E-state index contributed by atoms with van der Waals surface area (Å²) in [6.45, 7) is 3.73. The van der Waals surface area contributed by atoms with Gasteiger partial charge in [-0.15, -0.1) is 0 Å². The Morgan fingerprint density at radius 3 is 2.54 bits per heavy atom. The van der Waals surface area contributed by atoms with Gasteiger partial charge in [0.25, 0.3) is 0 Å². The van der Waals surface area contributed by atoms with Crippen molar-refractivity contribution < 1.29 is 9.59 Å². The highest BCUT2D eigenvalue weighted by Crippen LogP contribution is 2.31. The fourth-order valence-electron chi connectivity index (χ4n) is 1.42. The zero-order valence-electron chi connectivity index (χ0n) is 7.83. The Balaban J connectivity index is 2.72. The van der Waals surface area contributed by atoms with Crippen molar-refractivity contribution in [3.8, 4) is 6.07 Å². The van der Waals surface area contributed by atoms with E-state index in [9.17, 15) is 9.59 Å². The van der Waals surface area contributed by atoms with Crippen molar-refractivity contribution in [3.63, 3.8) is 0 Å². The van der Waals surface area contributed by atoms with E-state index in [1.165, 1.54) is 4.90 Å². The second kappa shape index (κ2) is 3.17.